The normalized spacial score (nSPS) is 11.3. The number of carboxylic acid groups (broad SMARTS) is 1. The summed E-state index contributed by atoms with van der Waals surface area (Å²) in [6.45, 7) is 0.00465. The largest absolute Gasteiger partial charge is 0.493 e. The Balaban J connectivity index is 1.47. The van der Waals surface area contributed by atoms with Crippen molar-refractivity contribution in [2.75, 3.05) is 7.11 Å². The molecule has 0 saturated heterocycles. The molecule has 0 spiro atoms. The molecule has 0 atom stereocenters. The third kappa shape index (κ3) is 5.68. The molecule has 4 rings (SSSR count). The minimum atomic E-state index is -1.94. The highest BCUT2D eigenvalue weighted by atomic mass is 16.5. The lowest BCUT2D eigenvalue weighted by atomic mass is 9.85. The van der Waals surface area contributed by atoms with E-state index in [1.165, 1.54) is 25.5 Å². The highest BCUT2D eigenvalue weighted by molar-refractivity contribution is 5.91. The Morgan fingerprint density at radius 3 is 2.16 bits per heavy atom. The number of hydrazone groups is 1. The van der Waals surface area contributed by atoms with E-state index in [9.17, 15) is 14.7 Å². The second kappa shape index (κ2) is 11.2. The van der Waals surface area contributed by atoms with Crippen molar-refractivity contribution in [1.29, 1.82) is 0 Å². The smallest absolute Gasteiger partial charge is 0.371 e. The molecule has 0 aliphatic carbocycles. The summed E-state index contributed by atoms with van der Waals surface area (Å²) in [6.07, 6.45) is 1.41. The van der Waals surface area contributed by atoms with Crippen molar-refractivity contribution in [2.45, 2.75) is 12.2 Å². The van der Waals surface area contributed by atoms with E-state index < -0.39 is 17.5 Å². The lowest BCUT2D eigenvalue weighted by Crippen LogP contribution is -2.43. The molecule has 1 heterocycles. The van der Waals surface area contributed by atoms with E-state index in [-0.39, 0.29) is 12.4 Å². The van der Waals surface area contributed by atoms with Crippen LogP contribution >= 0.6 is 0 Å². The van der Waals surface area contributed by atoms with Crippen LogP contribution in [0.5, 0.6) is 11.5 Å². The maximum atomic E-state index is 13.1. The number of ether oxygens (including phenoxy) is 2. The average molecular weight is 501 g/mol. The Morgan fingerprint density at radius 1 is 0.946 bits per heavy atom. The number of methoxy groups -OCH3 is 1. The molecular formula is C28H24N2O7. The first-order valence-electron chi connectivity index (χ1n) is 11.2. The average Bonchev–Trinajstić information content (AvgIpc) is 3.42. The summed E-state index contributed by atoms with van der Waals surface area (Å²) in [6, 6.07) is 25.1. The molecule has 0 saturated carbocycles. The van der Waals surface area contributed by atoms with Crippen LogP contribution in [-0.2, 0) is 17.0 Å². The minimum Gasteiger partial charge on any atom is -0.493 e. The second-order valence-corrected chi connectivity index (χ2v) is 7.91. The van der Waals surface area contributed by atoms with Crippen molar-refractivity contribution in [3.8, 4) is 11.5 Å². The van der Waals surface area contributed by atoms with Gasteiger partial charge in [0.1, 0.15) is 12.4 Å². The zero-order chi connectivity index (χ0) is 26.3. The molecule has 0 bridgehead atoms. The van der Waals surface area contributed by atoms with Crippen LogP contribution in [0.15, 0.2) is 101 Å². The molecule has 4 aromatic rings. The van der Waals surface area contributed by atoms with Crippen molar-refractivity contribution in [2.24, 2.45) is 5.10 Å². The SMILES string of the molecule is COc1cc(/C=N\NC(=O)C(O)(c2ccccc2)c2ccccc2)ccc1OCc1ccc(C(=O)O)o1. The quantitative estimate of drug-likeness (QED) is 0.222. The number of amides is 1. The first-order valence-corrected chi connectivity index (χ1v) is 11.2. The number of carbonyl (C=O) groups excluding carboxylic acids is 1. The Labute approximate surface area is 212 Å². The molecule has 37 heavy (non-hydrogen) atoms. The molecule has 1 aromatic heterocycles. The van der Waals surface area contributed by atoms with E-state index in [0.29, 0.717) is 33.9 Å². The highest BCUT2D eigenvalue weighted by Crippen LogP contribution is 2.30. The van der Waals surface area contributed by atoms with Crippen molar-refractivity contribution < 1.29 is 33.7 Å². The van der Waals surface area contributed by atoms with Crippen molar-refractivity contribution >= 4 is 18.1 Å². The van der Waals surface area contributed by atoms with Gasteiger partial charge in [0.05, 0.1) is 13.3 Å². The third-order valence-corrected chi connectivity index (χ3v) is 5.52. The molecule has 3 N–H and O–H groups in total. The molecule has 9 nitrogen and oxygen atoms in total. The number of nitrogens with zero attached hydrogens (tertiary/aromatic N) is 1. The number of hydrogen-bond donors (Lipinski definition) is 3. The van der Waals surface area contributed by atoms with E-state index in [1.807, 2.05) is 0 Å². The maximum absolute atomic E-state index is 13.1. The van der Waals surface area contributed by atoms with Crippen LogP contribution in [0.4, 0.5) is 0 Å². The monoisotopic (exact) mass is 500 g/mol. The summed E-state index contributed by atoms with van der Waals surface area (Å²) in [5.74, 6) is -0.912. The van der Waals surface area contributed by atoms with Gasteiger partial charge in [-0.1, -0.05) is 60.7 Å². The number of aromatic carboxylic acids is 1. The number of aliphatic hydroxyl groups is 1. The lowest BCUT2D eigenvalue weighted by molar-refractivity contribution is -0.136. The molecule has 0 unspecified atom stereocenters. The van der Waals surface area contributed by atoms with Gasteiger partial charge in [-0.05, 0) is 47.0 Å². The molecule has 0 fully saturated rings. The predicted molar refractivity (Wildman–Crippen MR) is 135 cm³/mol. The van der Waals surface area contributed by atoms with E-state index in [2.05, 4.69) is 10.5 Å². The van der Waals surface area contributed by atoms with Gasteiger partial charge < -0.3 is 24.1 Å². The zero-order valence-electron chi connectivity index (χ0n) is 19.8. The summed E-state index contributed by atoms with van der Waals surface area (Å²) in [4.78, 5) is 24.1. The fourth-order valence-corrected chi connectivity index (χ4v) is 3.64. The van der Waals surface area contributed by atoms with Gasteiger partial charge in [-0.25, -0.2) is 10.2 Å². The van der Waals surface area contributed by atoms with E-state index in [1.54, 1.807) is 78.9 Å². The van der Waals surface area contributed by atoms with Crippen molar-refractivity contribution in [3.63, 3.8) is 0 Å². The number of nitrogens with one attached hydrogen (secondary N) is 1. The number of carboxylic acids is 1. The van der Waals surface area contributed by atoms with Gasteiger partial charge in [0, 0.05) is 0 Å². The maximum Gasteiger partial charge on any atom is 0.371 e. The molecule has 0 aliphatic rings. The van der Waals surface area contributed by atoms with Crippen LogP contribution in [0, 0.1) is 0 Å². The van der Waals surface area contributed by atoms with Crippen LogP contribution < -0.4 is 14.9 Å². The van der Waals surface area contributed by atoms with Crippen LogP contribution in [0.1, 0.15) is 33.0 Å². The summed E-state index contributed by atoms with van der Waals surface area (Å²) in [5.41, 5.74) is 1.89. The van der Waals surface area contributed by atoms with Crippen LogP contribution in [0.2, 0.25) is 0 Å². The number of carbonyl (C=O) groups is 2. The van der Waals surface area contributed by atoms with Crippen LogP contribution in [-0.4, -0.2) is 35.4 Å². The second-order valence-electron chi connectivity index (χ2n) is 7.91. The molecule has 9 heteroatoms. The Morgan fingerprint density at radius 2 is 1.59 bits per heavy atom. The molecular weight excluding hydrogens is 476 g/mol. The van der Waals surface area contributed by atoms with Crippen molar-refractivity contribution in [1.82, 2.24) is 5.43 Å². The molecule has 188 valence electrons. The summed E-state index contributed by atoms with van der Waals surface area (Å²) >= 11 is 0. The molecule has 0 aliphatic heterocycles. The number of benzene rings is 3. The Bertz CT molecular complexity index is 1360. The molecule has 1 amide bonds. The molecule has 0 radical (unpaired) electrons. The lowest BCUT2D eigenvalue weighted by Gasteiger charge is -2.27. The fraction of sp³-hybridized carbons (Fsp3) is 0.107. The zero-order valence-corrected chi connectivity index (χ0v) is 19.8. The number of rotatable bonds is 10. The van der Waals surface area contributed by atoms with Gasteiger partial charge in [-0.15, -0.1) is 0 Å². The van der Waals surface area contributed by atoms with Gasteiger partial charge in [0.2, 0.25) is 5.76 Å². The van der Waals surface area contributed by atoms with Gasteiger partial charge in [0.25, 0.3) is 5.91 Å². The topological polar surface area (TPSA) is 131 Å². The summed E-state index contributed by atoms with van der Waals surface area (Å²) in [5, 5.41) is 24.4. The van der Waals surface area contributed by atoms with Gasteiger partial charge in [0.15, 0.2) is 17.1 Å². The Kier molecular flexibility index (Phi) is 7.65. The van der Waals surface area contributed by atoms with Crippen LogP contribution in [0.3, 0.4) is 0 Å². The first-order chi connectivity index (χ1) is 17.9. The standard InChI is InChI=1S/C28H24N2O7/c1-35-25-16-19(12-14-23(25)36-18-22-13-15-24(37-22)26(31)32)17-29-30-27(33)28(34,20-8-4-2-5-9-20)21-10-6-3-7-11-21/h2-17,34H,18H2,1H3,(H,30,33)(H,31,32)/b29-17-. The molecule has 3 aromatic carbocycles. The van der Waals surface area contributed by atoms with Crippen molar-refractivity contribution in [3.05, 3.63) is 119 Å². The fourth-order valence-electron chi connectivity index (χ4n) is 3.64. The number of furan rings is 1. The highest BCUT2D eigenvalue weighted by Gasteiger charge is 2.39. The first kappa shape index (κ1) is 25.2. The summed E-state index contributed by atoms with van der Waals surface area (Å²) in [7, 11) is 1.47. The van der Waals surface area contributed by atoms with Gasteiger partial charge in [-0.2, -0.15) is 5.10 Å². The third-order valence-electron chi connectivity index (χ3n) is 5.52. The number of hydrogen-bond acceptors (Lipinski definition) is 7. The summed E-state index contributed by atoms with van der Waals surface area (Å²) < 4.78 is 16.2. The van der Waals surface area contributed by atoms with E-state index in [4.69, 9.17) is 19.0 Å². The minimum absolute atomic E-state index is 0.00465. The van der Waals surface area contributed by atoms with Gasteiger partial charge in [-0.3, -0.25) is 4.79 Å². The predicted octanol–water partition coefficient (Wildman–Crippen LogP) is 3.95. The van der Waals surface area contributed by atoms with E-state index in [0.717, 1.165) is 0 Å². The van der Waals surface area contributed by atoms with Crippen LogP contribution in [0.25, 0.3) is 0 Å². The van der Waals surface area contributed by atoms with Gasteiger partial charge >= 0.3 is 5.97 Å². The Hall–Kier alpha value is -4.89. The van der Waals surface area contributed by atoms with E-state index >= 15 is 0 Å².